The van der Waals surface area contributed by atoms with Gasteiger partial charge in [0.05, 0.1) is 5.02 Å². The van der Waals surface area contributed by atoms with Gasteiger partial charge in [-0.15, -0.1) is 0 Å². The summed E-state index contributed by atoms with van der Waals surface area (Å²) in [5.74, 6) is 0.629. The fourth-order valence-electron chi connectivity index (χ4n) is 0.776. The molecule has 72 valence electrons. The van der Waals surface area contributed by atoms with Crippen molar-refractivity contribution in [3.05, 3.63) is 27.7 Å². The van der Waals surface area contributed by atoms with Crippen LogP contribution in [0.25, 0.3) is 0 Å². The van der Waals surface area contributed by atoms with E-state index in [1.807, 2.05) is 13.0 Å². The van der Waals surface area contributed by atoms with Crippen LogP contribution in [0.3, 0.4) is 0 Å². The molecule has 0 bridgehead atoms. The minimum atomic E-state index is 0.229. The highest BCUT2D eigenvalue weighted by Crippen LogP contribution is 2.27. The Balaban J connectivity index is 2.59. The third kappa shape index (κ3) is 3.55. The summed E-state index contributed by atoms with van der Waals surface area (Å²) in [5, 5.41) is 0.586. The van der Waals surface area contributed by atoms with Gasteiger partial charge in [0.1, 0.15) is 5.75 Å². The van der Waals surface area contributed by atoms with Crippen molar-refractivity contribution in [3.63, 3.8) is 0 Å². The largest absolute Gasteiger partial charge is 0.466 e. The molecule has 2 nitrogen and oxygen atoms in total. The minimum absolute atomic E-state index is 0.229. The first kappa shape index (κ1) is 10.8. The molecular weight excluding hydrogens is 255 g/mol. The van der Waals surface area contributed by atoms with Gasteiger partial charge in [0.15, 0.2) is 6.79 Å². The molecule has 1 aromatic carbocycles. The summed E-state index contributed by atoms with van der Waals surface area (Å²) in [4.78, 5) is 0. The van der Waals surface area contributed by atoms with Gasteiger partial charge in [-0.3, -0.25) is 0 Å². The molecule has 13 heavy (non-hydrogen) atoms. The molecule has 0 heterocycles. The summed E-state index contributed by atoms with van der Waals surface area (Å²) in [6, 6.07) is 5.43. The number of halogens is 2. The third-order valence-corrected chi connectivity index (χ3v) is 2.20. The monoisotopic (exact) mass is 264 g/mol. The molecule has 0 radical (unpaired) electrons. The van der Waals surface area contributed by atoms with Crippen molar-refractivity contribution in [2.75, 3.05) is 13.4 Å². The lowest BCUT2D eigenvalue weighted by Crippen LogP contribution is -2.02. The van der Waals surface area contributed by atoms with Gasteiger partial charge in [0.25, 0.3) is 0 Å². The van der Waals surface area contributed by atoms with Gasteiger partial charge in [-0.25, -0.2) is 0 Å². The molecule has 0 saturated heterocycles. The zero-order valence-corrected chi connectivity index (χ0v) is 9.56. The number of hydrogen-bond donors (Lipinski definition) is 0. The van der Waals surface area contributed by atoms with Gasteiger partial charge in [0.2, 0.25) is 0 Å². The Morgan fingerprint density at radius 3 is 2.92 bits per heavy atom. The van der Waals surface area contributed by atoms with Crippen LogP contribution in [0.5, 0.6) is 5.75 Å². The van der Waals surface area contributed by atoms with Crippen molar-refractivity contribution < 1.29 is 9.47 Å². The average Bonchev–Trinajstić information content (AvgIpc) is 2.11. The maximum Gasteiger partial charge on any atom is 0.189 e. The first-order valence-corrected chi connectivity index (χ1v) is 5.06. The van der Waals surface area contributed by atoms with Gasteiger partial charge in [-0.2, -0.15) is 0 Å². The van der Waals surface area contributed by atoms with E-state index in [2.05, 4.69) is 15.9 Å². The molecule has 0 aliphatic carbocycles. The number of rotatable bonds is 4. The Hall–Kier alpha value is -0.250. The summed E-state index contributed by atoms with van der Waals surface area (Å²) in [5.41, 5.74) is 0. The maximum atomic E-state index is 5.87. The van der Waals surface area contributed by atoms with E-state index in [0.29, 0.717) is 17.4 Å². The maximum absolute atomic E-state index is 5.87. The molecule has 0 amide bonds. The van der Waals surface area contributed by atoms with E-state index in [-0.39, 0.29) is 6.79 Å². The van der Waals surface area contributed by atoms with Crippen molar-refractivity contribution in [3.8, 4) is 5.75 Å². The van der Waals surface area contributed by atoms with E-state index in [1.165, 1.54) is 0 Å². The Labute approximate surface area is 90.9 Å². The van der Waals surface area contributed by atoms with Gasteiger partial charge in [-0.05, 0) is 25.1 Å². The van der Waals surface area contributed by atoms with Gasteiger partial charge < -0.3 is 9.47 Å². The van der Waals surface area contributed by atoms with Crippen LogP contribution < -0.4 is 4.74 Å². The molecule has 1 aromatic rings. The van der Waals surface area contributed by atoms with E-state index < -0.39 is 0 Å². The highest BCUT2D eigenvalue weighted by atomic mass is 79.9. The smallest absolute Gasteiger partial charge is 0.189 e. The standard InChI is InChI=1S/C9H10BrClO2/c1-2-12-6-13-9-5-7(10)3-4-8(9)11/h3-5H,2,6H2,1H3. The molecule has 0 aromatic heterocycles. The predicted octanol–water partition coefficient (Wildman–Crippen LogP) is 3.48. The second-order valence-electron chi connectivity index (χ2n) is 2.33. The molecular formula is C9H10BrClO2. The van der Waals surface area contributed by atoms with Crippen LogP contribution in [0.4, 0.5) is 0 Å². The number of benzene rings is 1. The van der Waals surface area contributed by atoms with Crippen molar-refractivity contribution in [2.24, 2.45) is 0 Å². The fraction of sp³-hybridized carbons (Fsp3) is 0.333. The van der Waals surface area contributed by atoms with Crippen molar-refractivity contribution >= 4 is 27.5 Å². The van der Waals surface area contributed by atoms with Crippen molar-refractivity contribution in [1.29, 1.82) is 0 Å². The lowest BCUT2D eigenvalue weighted by atomic mass is 10.3. The van der Waals surface area contributed by atoms with Crippen molar-refractivity contribution in [2.45, 2.75) is 6.92 Å². The molecule has 0 fully saturated rings. The number of ether oxygens (including phenoxy) is 2. The average molecular weight is 266 g/mol. The SMILES string of the molecule is CCOCOc1cc(Br)ccc1Cl. The second kappa shape index (κ2) is 5.47. The molecule has 0 spiro atoms. The molecule has 0 aliphatic heterocycles. The quantitative estimate of drug-likeness (QED) is 0.613. The van der Waals surface area contributed by atoms with Crippen LogP contribution in [-0.4, -0.2) is 13.4 Å². The van der Waals surface area contributed by atoms with E-state index in [1.54, 1.807) is 12.1 Å². The molecule has 4 heteroatoms. The summed E-state index contributed by atoms with van der Waals surface area (Å²) >= 11 is 9.20. The normalized spacial score (nSPS) is 10.1. The summed E-state index contributed by atoms with van der Waals surface area (Å²) < 4.78 is 11.2. The molecule has 0 saturated carbocycles. The Morgan fingerprint density at radius 2 is 2.23 bits per heavy atom. The first-order chi connectivity index (χ1) is 6.24. The van der Waals surface area contributed by atoms with Crippen LogP contribution in [-0.2, 0) is 4.74 Å². The zero-order valence-electron chi connectivity index (χ0n) is 7.22. The first-order valence-electron chi connectivity index (χ1n) is 3.89. The Morgan fingerprint density at radius 1 is 1.46 bits per heavy atom. The number of hydrogen-bond acceptors (Lipinski definition) is 2. The molecule has 0 aliphatic rings. The van der Waals surface area contributed by atoms with E-state index in [9.17, 15) is 0 Å². The van der Waals surface area contributed by atoms with Gasteiger partial charge in [0, 0.05) is 11.1 Å². The van der Waals surface area contributed by atoms with E-state index >= 15 is 0 Å². The summed E-state index contributed by atoms with van der Waals surface area (Å²) in [7, 11) is 0. The minimum Gasteiger partial charge on any atom is -0.466 e. The topological polar surface area (TPSA) is 18.5 Å². The van der Waals surface area contributed by atoms with Crippen LogP contribution in [0.1, 0.15) is 6.92 Å². The summed E-state index contributed by atoms with van der Waals surface area (Å²) in [6.07, 6.45) is 0. The van der Waals surface area contributed by atoms with E-state index in [0.717, 1.165) is 4.47 Å². The van der Waals surface area contributed by atoms with Crippen LogP contribution >= 0.6 is 27.5 Å². The van der Waals surface area contributed by atoms with Gasteiger partial charge >= 0.3 is 0 Å². The van der Waals surface area contributed by atoms with Crippen LogP contribution in [0.2, 0.25) is 5.02 Å². The fourth-order valence-corrected chi connectivity index (χ4v) is 1.29. The highest BCUT2D eigenvalue weighted by Gasteiger charge is 2.01. The Bertz CT molecular complexity index is 278. The highest BCUT2D eigenvalue weighted by molar-refractivity contribution is 9.10. The van der Waals surface area contributed by atoms with Crippen LogP contribution in [0.15, 0.2) is 22.7 Å². The van der Waals surface area contributed by atoms with Crippen LogP contribution in [0, 0.1) is 0 Å². The molecule has 0 unspecified atom stereocenters. The predicted molar refractivity (Wildman–Crippen MR) is 56.3 cm³/mol. The lowest BCUT2D eigenvalue weighted by Gasteiger charge is -2.07. The van der Waals surface area contributed by atoms with E-state index in [4.69, 9.17) is 21.1 Å². The summed E-state index contributed by atoms with van der Waals surface area (Å²) in [6.45, 7) is 2.77. The molecule has 0 atom stereocenters. The molecule has 1 rings (SSSR count). The second-order valence-corrected chi connectivity index (χ2v) is 3.65. The Kier molecular flexibility index (Phi) is 4.56. The zero-order chi connectivity index (χ0) is 9.68. The van der Waals surface area contributed by atoms with Crippen molar-refractivity contribution in [1.82, 2.24) is 0 Å². The third-order valence-electron chi connectivity index (χ3n) is 1.40. The molecule has 0 N–H and O–H groups in total. The van der Waals surface area contributed by atoms with Gasteiger partial charge in [-0.1, -0.05) is 27.5 Å². The lowest BCUT2D eigenvalue weighted by molar-refractivity contribution is 0.0224.